The minimum atomic E-state index is -0.218. The second-order valence-electron chi connectivity index (χ2n) is 5.66. The topological polar surface area (TPSA) is 62.7 Å². The highest BCUT2D eigenvalue weighted by atomic mass is 32.1. The van der Waals surface area contributed by atoms with Gasteiger partial charge in [-0.15, -0.1) is 0 Å². The average Bonchev–Trinajstić information content (AvgIpc) is 2.44. The summed E-state index contributed by atoms with van der Waals surface area (Å²) in [4.78, 5) is 12.2. The largest absolute Gasteiger partial charge is 0.313 e. The van der Waals surface area contributed by atoms with Crippen molar-refractivity contribution < 1.29 is 0 Å². The predicted octanol–water partition coefficient (Wildman–Crippen LogP) is 3.23. The lowest BCUT2D eigenvalue weighted by Crippen LogP contribution is -2.35. The summed E-state index contributed by atoms with van der Waals surface area (Å²) >= 11 is 5.18. The third kappa shape index (κ3) is 3.11. The Kier molecular flexibility index (Phi) is 4.81. The number of aryl methyl sites for hydroxylation is 4. The van der Waals surface area contributed by atoms with E-state index in [9.17, 15) is 4.79 Å². The highest BCUT2D eigenvalue weighted by Crippen LogP contribution is 2.26. The van der Waals surface area contributed by atoms with Gasteiger partial charge in [0.1, 0.15) is 5.69 Å². The van der Waals surface area contributed by atoms with E-state index in [1.807, 2.05) is 0 Å². The van der Waals surface area contributed by atoms with Gasteiger partial charge < -0.3 is 5.43 Å². The molecule has 1 atom stereocenters. The van der Waals surface area contributed by atoms with Crippen LogP contribution in [0.4, 0.5) is 0 Å². The number of hydrogen-bond acceptors (Lipinski definition) is 4. The smallest absolute Gasteiger partial charge is 0.294 e. The third-order valence-corrected chi connectivity index (χ3v) is 4.09. The van der Waals surface area contributed by atoms with Crippen molar-refractivity contribution >= 4 is 12.2 Å². The molecule has 22 heavy (non-hydrogen) atoms. The van der Waals surface area contributed by atoms with E-state index >= 15 is 0 Å². The van der Waals surface area contributed by atoms with Crippen LogP contribution in [0.3, 0.4) is 0 Å². The molecule has 6 heteroatoms. The summed E-state index contributed by atoms with van der Waals surface area (Å²) in [7, 11) is 0. The Bertz CT molecular complexity index is 784. The molecule has 1 heterocycles. The van der Waals surface area contributed by atoms with E-state index in [1.165, 1.54) is 26.9 Å². The first kappa shape index (κ1) is 16.4. The summed E-state index contributed by atoms with van der Waals surface area (Å²) < 4.78 is 1.65. The maximum absolute atomic E-state index is 12.2. The Morgan fingerprint density at radius 1 is 1.27 bits per heavy atom. The summed E-state index contributed by atoms with van der Waals surface area (Å²) in [5.41, 5.74) is 8.29. The summed E-state index contributed by atoms with van der Waals surface area (Å²) in [5.74, 6) is 0. The zero-order valence-corrected chi connectivity index (χ0v) is 14.5. The third-order valence-electron chi connectivity index (χ3n) is 3.81. The molecule has 0 radical (unpaired) electrons. The Morgan fingerprint density at radius 3 is 2.41 bits per heavy atom. The van der Waals surface area contributed by atoms with Crippen LogP contribution in [0.25, 0.3) is 0 Å². The number of aromatic nitrogens is 3. The molecule has 0 unspecified atom stereocenters. The van der Waals surface area contributed by atoms with Gasteiger partial charge in [-0.25, -0.2) is 0 Å². The van der Waals surface area contributed by atoms with Gasteiger partial charge in [-0.2, -0.15) is 9.77 Å². The Hall–Kier alpha value is -1.95. The van der Waals surface area contributed by atoms with E-state index in [4.69, 9.17) is 12.2 Å². The molecule has 2 rings (SSSR count). The zero-order chi connectivity index (χ0) is 16.4. The van der Waals surface area contributed by atoms with Gasteiger partial charge in [-0.05, 0) is 63.0 Å². The highest BCUT2D eigenvalue weighted by molar-refractivity contribution is 7.71. The molecule has 0 bridgehead atoms. The molecular weight excluding hydrogens is 296 g/mol. The minimum Gasteiger partial charge on any atom is -0.313 e. The molecule has 0 saturated carbocycles. The van der Waals surface area contributed by atoms with Crippen LogP contribution in [0.2, 0.25) is 0 Å². The summed E-state index contributed by atoms with van der Waals surface area (Å²) in [6, 6.07) is 4.33. The van der Waals surface area contributed by atoms with Crippen LogP contribution in [0.15, 0.2) is 16.9 Å². The number of H-pyrrole nitrogens is 1. The number of aromatic amines is 1. The molecule has 0 saturated heterocycles. The fourth-order valence-corrected chi connectivity index (χ4v) is 3.04. The first-order chi connectivity index (χ1) is 10.3. The lowest BCUT2D eigenvalue weighted by molar-refractivity contribution is 0.606. The van der Waals surface area contributed by atoms with Crippen molar-refractivity contribution in [2.75, 3.05) is 5.43 Å². The van der Waals surface area contributed by atoms with Gasteiger partial charge in [-0.3, -0.25) is 9.89 Å². The van der Waals surface area contributed by atoms with E-state index in [0.717, 1.165) is 6.42 Å². The van der Waals surface area contributed by atoms with E-state index in [1.54, 1.807) is 6.92 Å². The van der Waals surface area contributed by atoms with Crippen molar-refractivity contribution in [3.05, 3.63) is 55.2 Å². The first-order valence-electron chi connectivity index (χ1n) is 7.37. The van der Waals surface area contributed by atoms with Gasteiger partial charge in [0.15, 0.2) is 0 Å². The lowest BCUT2D eigenvalue weighted by atomic mass is 9.93. The minimum absolute atomic E-state index is 0.00944. The quantitative estimate of drug-likeness (QED) is 0.850. The molecule has 0 amide bonds. The average molecular weight is 318 g/mol. The highest BCUT2D eigenvalue weighted by Gasteiger charge is 2.16. The molecule has 2 N–H and O–H groups in total. The van der Waals surface area contributed by atoms with Gasteiger partial charge >= 0.3 is 0 Å². The zero-order valence-electron chi connectivity index (χ0n) is 13.7. The number of nitrogens with zero attached hydrogens (tertiary/aromatic N) is 2. The fraction of sp³-hybridized carbons (Fsp3) is 0.438. The Morgan fingerprint density at radius 2 is 1.86 bits per heavy atom. The van der Waals surface area contributed by atoms with Crippen molar-refractivity contribution in [2.45, 2.75) is 47.1 Å². The van der Waals surface area contributed by atoms with Gasteiger partial charge in [-0.1, -0.05) is 24.6 Å². The maximum Gasteiger partial charge on any atom is 0.294 e. The molecule has 118 valence electrons. The maximum atomic E-state index is 12.2. The van der Waals surface area contributed by atoms with E-state index < -0.39 is 0 Å². The second kappa shape index (κ2) is 6.44. The van der Waals surface area contributed by atoms with Crippen LogP contribution in [-0.4, -0.2) is 14.9 Å². The van der Waals surface area contributed by atoms with Crippen LogP contribution in [0, 0.1) is 32.5 Å². The number of benzene rings is 1. The Balaban J connectivity index is 2.50. The molecule has 0 aliphatic rings. The normalized spacial score (nSPS) is 12.2. The first-order valence-corrected chi connectivity index (χ1v) is 7.78. The fourth-order valence-electron chi connectivity index (χ4n) is 2.86. The van der Waals surface area contributed by atoms with Crippen LogP contribution in [0.1, 0.15) is 47.3 Å². The van der Waals surface area contributed by atoms with E-state index in [-0.39, 0.29) is 16.4 Å². The molecular formula is C16H22N4OS. The van der Waals surface area contributed by atoms with Crippen molar-refractivity contribution in [1.82, 2.24) is 14.9 Å². The van der Waals surface area contributed by atoms with Crippen LogP contribution >= 0.6 is 12.2 Å². The summed E-state index contributed by atoms with van der Waals surface area (Å²) in [6.45, 7) is 10.0. The SMILES string of the molecule is CC[C@H](Nn1c(=S)[nH]nc(C)c1=O)c1c(C)cc(C)cc1C. The number of hydrogen-bond donors (Lipinski definition) is 2. The van der Waals surface area contributed by atoms with Gasteiger partial charge in [0.05, 0.1) is 6.04 Å². The number of rotatable bonds is 4. The van der Waals surface area contributed by atoms with Gasteiger partial charge in [0.2, 0.25) is 4.77 Å². The summed E-state index contributed by atoms with van der Waals surface area (Å²) in [5, 5.41) is 6.58. The molecule has 0 aliphatic carbocycles. The van der Waals surface area contributed by atoms with Gasteiger partial charge in [0, 0.05) is 0 Å². The van der Waals surface area contributed by atoms with Crippen molar-refractivity contribution in [3.63, 3.8) is 0 Å². The molecule has 1 aromatic carbocycles. The molecule has 5 nitrogen and oxygen atoms in total. The molecule has 0 fully saturated rings. The number of nitrogens with one attached hydrogen (secondary N) is 2. The van der Waals surface area contributed by atoms with Crippen molar-refractivity contribution in [2.24, 2.45) is 0 Å². The van der Waals surface area contributed by atoms with Crippen molar-refractivity contribution in [1.29, 1.82) is 0 Å². The molecule has 1 aromatic heterocycles. The van der Waals surface area contributed by atoms with Gasteiger partial charge in [0.25, 0.3) is 5.56 Å². The van der Waals surface area contributed by atoms with Crippen LogP contribution in [-0.2, 0) is 0 Å². The monoisotopic (exact) mass is 318 g/mol. The Labute approximate surface area is 135 Å². The van der Waals surface area contributed by atoms with Crippen molar-refractivity contribution in [3.8, 4) is 0 Å². The summed E-state index contributed by atoms with van der Waals surface area (Å²) in [6.07, 6.45) is 0.841. The van der Waals surface area contributed by atoms with E-state index in [2.05, 4.69) is 55.5 Å². The van der Waals surface area contributed by atoms with Crippen LogP contribution in [0.5, 0.6) is 0 Å². The molecule has 2 aromatic rings. The lowest BCUT2D eigenvalue weighted by Gasteiger charge is -2.24. The standard InChI is InChI=1S/C16H22N4OS/c1-6-13(14-10(3)7-9(2)8-11(14)4)19-20-15(21)12(5)17-18-16(20)22/h7-8,13,19H,6H2,1-5H3,(H,18,22)/t13-/m0/s1. The predicted molar refractivity (Wildman–Crippen MR) is 91.5 cm³/mol. The van der Waals surface area contributed by atoms with Crippen LogP contribution < -0.4 is 11.0 Å². The van der Waals surface area contributed by atoms with E-state index in [0.29, 0.717) is 5.69 Å². The second-order valence-corrected chi connectivity index (χ2v) is 6.04. The molecule has 0 aliphatic heterocycles. The molecule has 0 spiro atoms.